The van der Waals surface area contributed by atoms with Crippen LogP contribution in [0.5, 0.6) is 0 Å². The van der Waals surface area contributed by atoms with Crippen LogP contribution >= 0.6 is 0 Å². The molecule has 1 nitrogen and oxygen atoms in total. The van der Waals surface area contributed by atoms with Crippen molar-refractivity contribution in [1.82, 2.24) is 5.32 Å². The van der Waals surface area contributed by atoms with Gasteiger partial charge in [-0.3, -0.25) is 0 Å². The number of hydrogen-bond acceptors (Lipinski definition) is 1. The molecular formula is C19H29N. The first-order chi connectivity index (χ1) is 9.81. The van der Waals surface area contributed by atoms with Crippen LogP contribution in [0.1, 0.15) is 56.1 Å². The zero-order chi connectivity index (χ0) is 13.8. The third kappa shape index (κ3) is 4.09. The molecule has 0 aliphatic heterocycles. The van der Waals surface area contributed by atoms with Crippen LogP contribution in [0.4, 0.5) is 0 Å². The minimum absolute atomic E-state index is 0.845. The van der Waals surface area contributed by atoms with Gasteiger partial charge in [-0.2, -0.15) is 0 Å². The van der Waals surface area contributed by atoms with Crippen molar-refractivity contribution >= 4 is 0 Å². The molecule has 1 aromatic rings. The van der Waals surface area contributed by atoms with E-state index in [-0.39, 0.29) is 0 Å². The standard InChI is InChI=1S/C19H29N/c1-15-6-5-7-16(12-15)13-18(14-20-19-10-11-19)17-8-3-2-4-9-17/h5-7,12,17-20H,2-4,8-11,13-14H2,1H3. The molecule has 3 rings (SSSR count). The highest BCUT2D eigenvalue weighted by atomic mass is 14.9. The summed E-state index contributed by atoms with van der Waals surface area (Å²) in [5.74, 6) is 1.80. The summed E-state index contributed by atoms with van der Waals surface area (Å²) in [5, 5.41) is 3.79. The van der Waals surface area contributed by atoms with Crippen LogP contribution in [0.25, 0.3) is 0 Å². The van der Waals surface area contributed by atoms with Gasteiger partial charge in [-0.05, 0) is 50.1 Å². The third-order valence-corrected chi connectivity index (χ3v) is 5.14. The van der Waals surface area contributed by atoms with Gasteiger partial charge in [-0.15, -0.1) is 0 Å². The predicted molar refractivity (Wildman–Crippen MR) is 86.0 cm³/mol. The van der Waals surface area contributed by atoms with Gasteiger partial charge in [-0.25, -0.2) is 0 Å². The molecule has 1 aromatic carbocycles. The van der Waals surface area contributed by atoms with Crippen molar-refractivity contribution in [2.75, 3.05) is 6.54 Å². The fourth-order valence-electron chi connectivity index (χ4n) is 3.76. The van der Waals surface area contributed by atoms with Crippen LogP contribution < -0.4 is 5.32 Å². The van der Waals surface area contributed by atoms with E-state index < -0.39 is 0 Å². The summed E-state index contributed by atoms with van der Waals surface area (Å²) in [6, 6.07) is 9.98. The van der Waals surface area contributed by atoms with E-state index in [4.69, 9.17) is 0 Å². The molecule has 0 bridgehead atoms. The Balaban J connectivity index is 1.63. The van der Waals surface area contributed by atoms with Crippen LogP contribution in [0, 0.1) is 18.8 Å². The van der Waals surface area contributed by atoms with Gasteiger partial charge in [0.25, 0.3) is 0 Å². The van der Waals surface area contributed by atoms with Crippen LogP contribution in [-0.4, -0.2) is 12.6 Å². The molecule has 20 heavy (non-hydrogen) atoms. The molecule has 1 heteroatoms. The van der Waals surface area contributed by atoms with E-state index in [0.29, 0.717) is 0 Å². The molecule has 2 aliphatic carbocycles. The molecule has 110 valence electrons. The Labute approximate surface area is 124 Å². The largest absolute Gasteiger partial charge is 0.314 e. The average molecular weight is 271 g/mol. The van der Waals surface area contributed by atoms with Gasteiger partial charge in [0.15, 0.2) is 0 Å². The van der Waals surface area contributed by atoms with E-state index in [9.17, 15) is 0 Å². The van der Waals surface area contributed by atoms with E-state index in [2.05, 4.69) is 36.5 Å². The first-order valence-electron chi connectivity index (χ1n) is 8.60. The summed E-state index contributed by atoms with van der Waals surface area (Å²) in [6.45, 7) is 3.45. The van der Waals surface area contributed by atoms with Crippen LogP contribution in [-0.2, 0) is 6.42 Å². The van der Waals surface area contributed by atoms with Gasteiger partial charge in [-0.1, -0.05) is 61.9 Å². The lowest BCUT2D eigenvalue weighted by atomic mass is 9.77. The maximum Gasteiger partial charge on any atom is 0.00683 e. The maximum absolute atomic E-state index is 3.79. The molecular weight excluding hydrogens is 242 g/mol. The molecule has 0 amide bonds. The second-order valence-electron chi connectivity index (χ2n) is 7.03. The van der Waals surface area contributed by atoms with Gasteiger partial charge in [0.05, 0.1) is 0 Å². The Hall–Kier alpha value is -0.820. The lowest BCUT2D eigenvalue weighted by molar-refractivity contribution is 0.239. The molecule has 2 aliphatic rings. The lowest BCUT2D eigenvalue weighted by Crippen LogP contribution is -2.32. The number of rotatable bonds is 6. The van der Waals surface area contributed by atoms with Crippen LogP contribution in [0.2, 0.25) is 0 Å². The zero-order valence-electron chi connectivity index (χ0n) is 12.9. The van der Waals surface area contributed by atoms with Crippen molar-refractivity contribution in [2.45, 2.75) is 64.3 Å². The van der Waals surface area contributed by atoms with Gasteiger partial charge >= 0.3 is 0 Å². The lowest BCUT2D eigenvalue weighted by Gasteiger charge is -2.31. The van der Waals surface area contributed by atoms with Crippen molar-refractivity contribution < 1.29 is 0 Å². The minimum Gasteiger partial charge on any atom is -0.314 e. The highest BCUT2D eigenvalue weighted by Crippen LogP contribution is 2.32. The molecule has 0 saturated heterocycles. The second-order valence-corrected chi connectivity index (χ2v) is 7.03. The SMILES string of the molecule is Cc1cccc(CC(CNC2CC2)C2CCCCC2)c1. The van der Waals surface area contributed by atoms with E-state index in [1.807, 2.05) is 0 Å². The highest BCUT2D eigenvalue weighted by Gasteiger charge is 2.27. The number of benzene rings is 1. The second kappa shape index (κ2) is 6.76. The average Bonchev–Trinajstić information content (AvgIpc) is 3.29. The van der Waals surface area contributed by atoms with E-state index in [0.717, 1.165) is 17.9 Å². The quantitative estimate of drug-likeness (QED) is 0.804. The van der Waals surface area contributed by atoms with Gasteiger partial charge in [0, 0.05) is 6.04 Å². The molecule has 0 radical (unpaired) electrons. The number of nitrogens with one attached hydrogen (secondary N) is 1. The summed E-state index contributed by atoms with van der Waals surface area (Å²) in [7, 11) is 0. The van der Waals surface area contributed by atoms with Crippen molar-refractivity contribution in [2.24, 2.45) is 11.8 Å². The van der Waals surface area contributed by atoms with Gasteiger partial charge < -0.3 is 5.32 Å². The zero-order valence-corrected chi connectivity index (χ0v) is 12.9. The number of aryl methyl sites for hydroxylation is 1. The maximum atomic E-state index is 3.79. The topological polar surface area (TPSA) is 12.0 Å². The Morgan fingerprint density at radius 1 is 1.10 bits per heavy atom. The van der Waals surface area contributed by atoms with Crippen LogP contribution in [0.15, 0.2) is 24.3 Å². The normalized spacial score (nSPS) is 21.9. The van der Waals surface area contributed by atoms with E-state index in [1.165, 1.54) is 69.0 Å². The van der Waals surface area contributed by atoms with Crippen molar-refractivity contribution in [3.05, 3.63) is 35.4 Å². The van der Waals surface area contributed by atoms with Crippen LogP contribution in [0.3, 0.4) is 0 Å². The van der Waals surface area contributed by atoms with Gasteiger partial charge in [0.2, 0.25) is 0 Å². The summed E-state index contributed by atoms with van der Waals surface area (Å²) < 4.78 is 0. The summed E-state index contributed by atoms with van der Waals surface area (Å²) in [5.41, 5.74) is 2.94. The molecule has 1 atom stereocenters. The number of hydrogen-bond donors (Lipinski definition) is 1. The summed E-state index contributed by atoms with van der Waals surface area (Å²) in [4.78, 5) is 0. The molecule has 2 saturated carbocycles. The fourth-order valence-corrected chi connectivity index (χ4v) is 3.76. The predicted octanol–water partition coefficient (Wildman–Crippen LogP) is 4.49. The van der Waals surface area contributed by atoms with Crippen molar-refractivity contribution in [3.8, 4) is 0 Å². The van der Waals surface area contributed by atoms with E-state index >= 15 is 0 Å². The summed E-state index contributed by atoms with van der Waals surface area (Å²) in [6.07, 6.45) is 11.4. The van der Waals surface area contributed by atoms with Gasteiger partial charge in [0.1, 0.15) is 0 Å². The molecule has 0 spiro atoms. The third-order valence-electron chi connectivity index (χ3n) is 5.14. The molecule has 0 aromatic heterocycles. The smallest absolute Gasteiger partial charge is 0.00683 e. The molecule has 1 N–H and O–H groups in total. The molecule has 1 unspecified atom stereocenters. The Kier molecular flexibility index (Phi) is 4.77. The summed E-state index contributed by atoms with van der Waals surface area (Å²) >= 11 is 0. The Morgan fingerprint density at radius 2 is 1.90 bits per heavy atom. The minimum atomic E-state index is 0.845. The Morgan fingerprint density at radius 3 is 2.60 bits per heavy atom. The first-order valence-corrected chi connectivity index (χ1v) is 8.60. The van der Waals surface area contributed by atoms with Crippen molar-refractivity contribution in [3.63, 3.8) is 0 Å². The fraction of sp³-hybridized carbons (Fsp3) is 0.684. The first kappa shape index (κ1) is 14.1. The van der Waals surface area contributed by atoms with E-state index in [1.54, 1.807) is 0 Å². The van der Waals surface area contributed by atoms with Crippen molar-refractivity contribution in [1.29, 1.82) is 0 Å². The monoisotopic (exact) mass is 271 g/mol. The molecule has 2 fully saturated rings. The highest BCUT2D eigenvalue weighted by molar-refractivity contribution is 5.22. The molecule has 0 heterocycles. The Bertz CT molecular complexity index is 416.